The molecule has 7 nitrogen and oxygen atoms in total. The molecule has 4 rings (SSSR count). The molecule has 0 saturated heterocycles. The van der Waals surface area contributed by atoms with E-state index < -0.39 is 0 Å². The van der Waals surface area contributed by atoms with Gasteiger partial charge in [-0.25, -0.2) is 9.67 Å². The van der Waals surface area contributed by atoms with E-state index in [-0.39, 0.29) is 18.0 Å². The van der Waals surface area contributed by atoms with E-state index in [1.165, 1.54) is 6.33 Å². The first-order valence-corrected chi connectivity index (χ1v) is 7.35. The molecule has 1 aliphatic heterocycles. The van der Waals surface area contributed by atoms with Crippen LogP contribution in [0, 0.1) is 0 Å². The minimum Gasteiger partial charge on any atom is -0.342 e. The molecule has 3 heterocycles. The van der Waals surface area contributed by atoms with E-state index in [0.717, 1.165) is 23.1 Å². The van der Waals surface area contributed by atoms with Gasteiger partial charge in [0.05, 0.1) is 34.4 Å². The molecule has 1 aliphatic rings. The summed E-state index contributed by atoms with van der Waals surface area (Å²) in [7, 11) is 0. The Labute approximate surface area is 130 Å². The van der Waals surface area contributed by atoms with E-state index in [9.17, 15) is 4.79 Å². The third kappa shape index (κ3) is 1.89. The summed E-state index contributed by atoms with van der Waals surface area (Å²) in [5.41, 5.74) is 1.23. The SMILES string of the molecule is CC1CC(NC(=O)c2ccc3[nH]ncc3c2Cl)c2ncnn21. The molecule has 112 valence electrons. The second-order valence-corrected chi connectivity index (χ2v) is 5.81. The number of amides is 1. The van der Waals surface area contributed by atoms with Crippen molar-refractivity contribution in [2.75, 3.05) is 0 Å². The largest absolute Gasteiger partial charge is 0.342 e. The first-order valence-electron chi connectivity index (χ1n) is 6.97. The number of aromatic nitrogens is 5. The van der Waals surface area contributed by atoms with Crippen LogP contribution in [0.25, 0.3) is 10.9 Å². The van der Waals surface area contributed by atoms with Crippen LogP contribution in [0.5, 0.6) is 0 Å². The summed E-state index contributed by atoms with van der Waals surface area (Å²) in [6, 6.07) is 3.56. The quantitative estimate of drug-likeness (QED) is 0.759. The van der Waals surface area contributed by atoms with Crippen molar-refractivity contribution in [3.63, 3.8) is 0 Å². The molecular formula is C14H13ClN6O. The fraction of sp³-hybridized carbons (Fsp3) is 0.286. The number of nitrogens with zero attached hydrogens (tertiary/aromatic N) is 4. The van der Waals surface area contributed by atoms with Crippen LogP contribution in [0.2, 0.25) is 5.02 Å². The van der Waals surface area contributed by atoms with Crippen molar-refractivity contribution in [1.29, 1.82) is 0 Å². The van der Waals surface area contributed by atoms with Gasteiger partial charge in [-0.3, -0.25) is 9.89 Å². The molecule has 2 unspecified atom stereocenters. The van der Waals surface area contributed by atoms with Crippen LogP contribution >= 0.6 is 11.6 Å². The van der Waals surface area contributed by atoms with Gasteiger partial charge in [-0.2, -0.15) is 10.2 Å². The van der Waals surface area contributed by atoms with Crippen LogP contribution in [0.3, 0.4) is 0 Å². The van der Waals surface area contributed by atoms with E-state index in [2.05, 4.69) is 32.5 Å². The Kier molecular flexibility index (Phi) is 2.90. The van der Waals surface area contributed by atoms with Crippen LogP contribution in [-0.2, 0) is 0 Å². The van der Waals surface area contributed by atoms with Gasteiger partial charge in [0.15, 0.2) is 0 Å². The number of halogens is 1. The topological polar surface area (TPSA) is 88.5 Å². The average molecular weight is 317 g/mol. The Morgan fingerprint density at radius 1 is 1.50 bits per heavy atom. The molecule has 0 aliphatic carbocycles. The number of rotatable bonds is 2. The van der Waals surface area contributed by atoms with Gasteiger partial charge in [0.25, 0.3) is 5.91 Å². The molecule has 0 saturated carbocycles. The molecule has 1 aromatic carbocycles. The summed E-state index contributed by atoms with van der Waals surface area (Å²) in [4.78, 5) is 16.8. The second-order valence-electron chi connectivity index (χ2n) is 5.43. The maximum absolute atomic E-state index is 12.5. The number of carbonyl (C=O) groups excluding carboxylic acids is 1. The minimum atomic E-state index is -0.221. The number of fused-ring (bicyclic) bond motifs is 2. The molecule has 2 atom stereocenters. The van der Waals surface area contributed by atoms with Gasteiger partial charge in [-0.1, -0.05) is 11.6 Å². The Morgan fingerprint density at radius 2 is 2.36 bits per heavy atom. The average Bonchev–Trinajstić information content (AvgIpc) is 3.19. The van der Waals surface area contributed by atoms with Crippen LogP contribution in [0.15, 0.2) is 24.7 Å². The Bertz CT molecular complexity index is 869. The number of hydrogen-bond donors (Lipinski definition) is 2. The van der Waals surface area contributed by atoms with Crippen LogP contribution < -0.4 is 5.32 Å². The standard InChI is InChI=1S/C14H13ClN6O/c1-7-4-11(13-16-6-18-21(7)13)19-14(22)8-2-3-10-9(12(8)15)5-17-20-10/h2-3,5-7,11H,4H2,1H3,(H,17,20)(H,19,22). The smallest absolute Gasteiger partial charge is 0.253 e. The van der Waals surface area contributed by atoms with Crippen LogP contribution in [0.1, 0.15) is 41.6 Å². The molecule has 8 heteroatoms. The lowest BCUT2D eigenvalue weighted by Gasteiger charge is -2.12. The van der Waals surface area contributed by atoms with Gasteiger partial charge in [0.2, 0.25) is 0 Å². The van der Waals surface area contributed by atoms with Crippen LogP contribution in [0.4, 0.5) is 0 Å². The van der Waals surface area contributed by atoms with Crippen molar-refractivity contribution in [2.45, 2.75) is 25.4 Å². The maximum Gasteiger partial charge on any atom is 0.253 e. The molecule has 22 heavy (non-hydrogen) atoms. The number of aromatic amines is 1. The third-order valence-corrected chi connectivity index (χ3v) is 4.42. The van der Waals surface area contributed by atoms with Crippen molar-refractivity contribution >= 4 is 28.4 Å². The van der Waals surface area contributed by atoms with Crippen molar-refractivity contribution in [2.24, 2.45) is 0 Å². The molecule has 1 amide bonds. The zero-order valence-corrected chi connectivity index (χ0v) is 12.5. The van der Waals surface area contributed by atoms with Gasteiger partial charge < -0.3 is 5.32 Å². The lowest BCUT2D eigenvalue weighted by molar-refractivity contribution is 0.0935. The van der Waals surface area contributed by atoms with Crippen molar-refractivity contribution in [1.82, 2.24) is 30.3 Å². The van der Waals surface area contributed by atoms with Gasteiger partial charge in [-0.15, -0.1) is 0 Å². The van der Waals surface area contributed by atoms with Gasteiger partial charge >= 0.3 is 0 Å². The summed E-state index contributed by atoms with van der Waals surface area (Å²) in [5, 5.41) is 15.1. The van der Waals surface area contributed by atoms with Gasteiger partial charge in [0.1, 0.15) is 12.2 Å². The summed E-state index contributed by atoms with van der Waals surface area (Å²) < 4.78 is 1.84. The molecule has 0 spiro atoms. The summed E-state index contributed by atoms with van der Waals surface area (Å²) in [5.74, 6) is 0.558. The zero-order chi connectivity index (χ0) is 15.3. The van der Waals surface area contributed by atoms with Crippen molar-refractivity contribution in [3.8, 4) is 0 Å². The highest BCUT2D eigenvalue weighted by molar-refractivity contribution is 6.38. The Morgan fingerprint density at radius 3 is 3.23 bits per heavy atom. The molecule has 2 aromatic heterocycles. The second kappa shape index (κ2) is 4.81. The first kappa shape index (κ1) is 13.3. The molecular weight excluding hydrogens is 304 g/mol. The number of hydrogen-bond acceptors (Lipinski definition) is 4. The first-order chi connectivity index (χ1) is 10.6. The van der Waals surface area contributed by atoms with Gasteiger partial charge in [0, 0.05) is 5.39 Å². The summed E-state index contributed by atoms with van der Waals surface area (Å²) in [6.07, 6.45) is 3.89. The van der Waals surface area contributed by atoms with E-state index in [4.69, 9.17) is 11.6 Å². The summed E-state index contributed by atoms with van der Waals surface area (Å²) >= 11 is 6.32. The maximum atomic E-state index is 12.5. The van der Waals surface area contributed by atoms with E-state index in [1.54, 1.807) is 18.3 Å². The predicted octanol–water partition coefficient (Wildman–Crippen LogP) is 2.24. The zero-order valence-electron chi connectivity index (χ0n) is 11.7. The van der Waals surface area contributed by atoms with Crippen molar-refractivity contribution in [3.05, 3.63) is 41.1 Å². The molecule has 0 fully saturated rings. The number of carbonyl (C=O) groups is 1. The number of nitrogens with one attached hydrogen (secondary N) is 2. The fourth-order valence-electron chi connectivity index (χ4n) is 2.91. The fourth-order valence-corrected chi connectivity index (χ4v) is 3.21. The Balaban J connectivity index is 1.64. The highest BCUT2D eigenvalue weighted by Crippen LogP contribution is 2.32. The lowest BCUT2D eigenvalue weighted by atomic mass is 10.1. The highest BCUT2D eigenvalue weighted by Gasteiger charge is 2.32. The Hall–Kier alpha value is -2.41. The molecule has 2 N–H and O–H groups in total. The number of H-pyrrole nitrogens is 1. The van der Waals surface area contributed by atoms with E-state index in [0.29, 0.717) is 10.6 Å². The molecule has 3 aromatic rings. The highest BCUT2D eigenvalue weighted by atomic mass is 35.5. The van der Waals surface area contributed by atoms with E-state index >= 15 is 0 Å². The molecule has 0 bridgehead atoms. The molecule has 0 radical (unpaired) electrons. The van der Waals surface area contributed by atoms with Crippen molar-refractivity contribution < 1.29 is 4.79 Å². The van der Waals surface area contributed by atoms with Gasteiger partial charge in [-0.05, 0) is 25.5 Å². The predicted molar refractivity (Wildman–Crippen MR) is 80.7 cm³/mol. The normalized spacial score (nSPS) is 20.3. The monoisotopic (exact) mass is 316 g/mol. The third-order valence-electron chi connectivity index (χ3n) is 4.02. The van der Waals surface area contributed by atoms with E-state index in [1.807, 2.05) is 4.68 Å². The lowest BCUT2D eigenvalue weighted by Crippen LogP contribution is -2.28. The minimum absolute atomic E-state index is 0.152. The number of benzene rings is 1. The summed E-state index contributed by atoms with van der Waals surface area (Å²) in [6.45, 7) is 2.05. The van der Waals surface area contributed by atoms with Crippen LogP contribution in [-0.4, -0.2) is 30.9 Å².